The molecule has 0 unspecified atom stereocenters. The monoisotopic (exact) mass is 411 g/mol. The smallest absolute Gasteiger partial charge is 0.186 e. The molecular formula is C24H25N7. The molecule has 2 N–H and O–H groups in total. The lowest BCUT2D eigenvalue weighted by atomic mass is 10.0. The van der Waals surface area contributed by atoms with E-state index in [0.29, 0.717) is 18.0 Å². The maximum absolute atomic E-state index is 4.53. The van der Waals surface area contributed by atoms with Gasteiger partial charge in [0.25, 0.3) is 0 Å². The second-order valence-corrected chi connectivity index (χ2v) is 7.27. The van der Waals surface area contributed by atoms with Crippen LogP contribution in [0.5, 0.6) is 0 Å². The van der Waals surface area contributed by atoms with Gasteiger partial charge in [0.1, 0.15) is 12.1 Å². The first-order valence-corrected chi connectivity index (χ1v) is 9.75. The van der Waals surface area contributed by atoms with Crippen LogP contribution < -0.4 is 10.2 Å². The number of allylic oxidation sites excluding steroid dienone is 1. The normalized spacial score (nSPS) is 12.5. The van der Waals surface area contributed by atoms with Crippen molar-refractivity contribution in [2.75, 3.05) is 30.9 Å². The highest BCUT2D eigenvalue weighted by Crippen LogP contribution is 2.34. The molecule has 1 aliphatic rings. The van der Waals surface area contributed by atoms with E-state index in [2.05, 4.69) is 65.7 Å². The molecule has 156 valence electrons. The van der Waals surface area contributed by atoms with Gasteiger partial charge in [-0.2, -0.15) is 5.10 Å². The van der Waals surface area contributed by atoms with Crippen molar-refractivity contribution in [1.29, 1.82) is 0 Å². The summed E-state index contributed by atoms with van der Waals surface area (Å²) in [6, 6.07) is 16.7. The summed E-state index contributed by atoms with van der Waals surface area (Å²) in [6.45, 7) is 0.677. The second kappa shape index (κ2) is 8.39. The fourth-order valence-corrected chi connectivity index (χ4v) is 3.63. The Hall–Kier alpha value is -4.00. The van der Waals surface area contributed by atoms with Gasteiger partial charge >= 0.3 is 0 Å². The van der Waals surface area contributed by atoms with Crippen molar-refractivity contribution in [1.82, 2.24) is 20.2 Å². The summed E-state index contributed by atoms with van der Waals surface area (Å²) in [5.41, 5.74) is 6.60. The first-order chi connectivity index (χ1) is 14.7. The number of rotatable bonds is 5. The van der Waals surface area contributed by atoms with Crippen molar-refractivity contribution in [2.45, 2.75) is 7.43 Å². The molecule has 31 heavy (non-hydrogen) atoms. The molecule has 4 aromatic rings. The molecular weight excluding hydrogens is 386 g/mol. The first-order valence-electron chi connectivity index (χ1n) is 9.75. The molecule has 0 saturated carbocycles. The molecule has 0 radical (unpaired) electrons. The van der Waals surface area contributed by atoms with Gasteiger partial charge in [0, 0.05) is 14.1 Å². The van der Waals surface area contributed by atoms with Crippen LogP contribution >= 0.6 is 0 Å². The van der Waals surface area contributed by atoms with E-state index in [1.54, 1.807) is 0 Å². The average Bonchev–Trinajstić information content (AvgIpc) is 3.44. The van der Waals surface area contributed by atoms with Crippen LogP contribution in [0.25, 0.3) is 22.2 Å². The van der Waals surface area contributed by atoms with Crippen LogP contribution in [-0.2, 0) is 0 Å². The Kier molecular flexibility index (Phi) is 5.49. The van der Waals surface area contributed by atoms with Crippen molar-refractivity contribution >= 4 is 33.9 Å². The number of hydrogen-bond acceptors (Lipinski definition) is 6. The van der Waals surface area contributed by atoms with E-state index in [1.807, 2.05) is 44.4 Å². The number of hydrogen-bond donors (Lipinski definition) is 2. The minimum atomic E-state index is 0. The third-order valence-electron chi connectivity index (χ3n) is 5.09. The highest BCUT2D eigenvalue weighted by atomic mass is 15.2. The average molecular weight is 412 g/mol. The van der Waals surface area contributed by atoms with E-state index in [1.165, 1.54) is 6.33 Å². The number of benzene rings is 2. The largest absolute Gasteiger partial charge is 0.376 e. The van der Waals surface area contributed by atoms with Crippen molar-refractivity contribution in [2.24, 2.45) is 4.99 Å². The van der Waals surface area contributed by atoms with Crippen LogP contribution in [0.2, 0.25) is 0 Å². The summed E-state index contributed by atoms with van der Waals surface area (Å²) in [5.74, 6) is 0.695. The molecule has 3 heterocycles. The molecule has 7 heteroatoms. The van der Waals surface area contributed by atoms with Gasteiger partial charge in [-0.05, 0) is 29.3 Å². The van der Waals surface area contributed by atoms with Crippen molar-refractivity contribution < 1.29 is 0 Å². The SMILES string of the molecule is C.CN(C)c1ccc(-c2ccccc2)cc1Nc1ncnc2n[nH]c(C3=NCC=C3)c12. The van der Waals surface area contributed by atoms with Crippen LogP contribution in [0, 0.1) is 0 Å². The van der Waals surface area contributed by atoms with Gasteiger partial charge in [0.05, 0.1) is 34.7 Å². The van der Waals surface area contributed by atoms with Gasteiger partial charge < -0.3 is 10.2 Å². The minimum Gasteiger partial charge on any atom is -0.376 e. The molecule has 2 aromatic heterocycles. The molecule has 0 aliphatic carbocycles. The Labute approximate surface area is 181 Å². The Bertz CT molecular complexity index is 1270. The molecule has 0 saturated heterocycles. The molecule has 7 nitrogen and oxygen atoms in total. The van der Waals surface area contributed by atoms with Crippen molar-refractivity contribution in [3.05, 3.63) is 72.7 Å². The van der Waals surface area contributed by atoms with Gasteiger partial charge in [-0.15, -0.1) is 0 Å². The molecule has 2 aromatic carbocycles. The summed E-state index contributed by atoms with van der Waals surface area (Å²) >= 11 is 0. The number of aliphatic imine (C=N–C) groups is 1. The predicted octanol–water partition coefficient (Wildman–Crippen LogP) is 4.82. The lowest BCUT2D eigenvalue weighted by molar-refractivity contribution is 1.08. The third kappa shape index (κ3) is 3.77. The van der Waals surface area contributed by atoms with Crippen molar-refractivity contribution in [3.63, 3.8) is 0 Å². The zero-order chi connectivity index (χ0) is 20.5. The lowest BCUT2D eigenvalue weighted by Gasteiger charge is -2.20. The molecule has 0 bridgehead atoms. The molecule has 1 aliphatic heterocycles. The van der Waals surface area contributed by atoms with Crippen LogP contribution in [0.4, 0.5) is 17.2 Å². The summed E-state index contributed by atoms with van der Waals surface area (Å²) < 4.78 is 0. The Morgan fingerprint density at radius 1 is 1.00 bits per heavy atom. The van der Waals surface area contributed by atoms with E-state index in [-0.39, 0.29) is 7.43 Å². The molecule has 5 rings (SSSR count). The van der Waals surface area contributed by atoms with Gasteiger partial charge in [0.2, 0.25) is 0 Å². The number of aromatic amines is 1. The van der Waals surface area contributed by atoms with Crippen LogP contribution in [0.15, 0.2) is 72.0 Å². The van der Waals surface area contributed by atoms with E-state index < -0.39 is 0 Å². The fraction of sp³-hybridized carbons (Fsp3) is 0.167. The van der Waals surface area contributed by atoms with Gasteiger partial charge in [0.15, 0.2) is 5.65 Å². The summed E-state index contributed by atoms with van der Waals surface area (Å²) in [5, 5.41) is 11.8. The maximum atomic E-state index is 4.53. The number of nitrogens with zero attached hydrogens (tertiary/aromatic N) is 5. The van der Waals surface area contributed by atoms with E-state index >= 15 is 0 Å². The number of nitrogens with one attached hydrogen (secondary N) is 2. The lowest BCUT2D eigenvalue weighted by Crippen LogP contribution is -2.11. The third-order valence-corrected chi connectivity index (χ3v) is 5.09. The van der Waals surface area contributed by atoms with Crippen LogP contribution in [-0.4, -0.2) is 46.5 Å². The summed E-state index contributed by atoms with van der Waals surface area (Å²) in [7, 11) is 4.05. The minimum absolute atomic E-state index is 0. The number of H-pyrrole nitrogens is 1. The van der Waals surface area contributed by atoms with Gasteiger partial charge in [-0.25, -0.2) is 9.97 Å². The number of anilines is 3. The van der Waals surface area contributed by atoms with Crippen molar-refractivity contribution in [3.8, 4) is 11.1 Å². The second-order valence-electron chi connectivity index (χ2n) is 7.27. The highest BCUT2D eigenvalue weighted by molar-refractivity contribution is 6.17. The molecule has 0 fully saturated rings. The Morgan fingerprint density at radius 2 is 1.84 bits per heavy atom. The summed E-state index contributed by atoms with van der Waals surface area (Å²) in [4.78, 5) is 15.4. The van der Waals surface area contributed by atoms with Crippen LogP contribution in [0.1, 0.15) is 13.1 Å². The van der Waals surface area contributed by atoms with Gasteiger partial charge in [-0.3, -0.25) is 10.1 Å². The highest BCUT2D eigenvalue weighted by Gasteiger charge is 2.18. The summed E-state index contributed by atoms with van der Waals surface area (Å²) in [6.07, 6.45) is 5.54. The standard InChI is InChI=1S/C23H21N7.CH4/c1-30(2)19-11-10-16(15-7-4-3-5-8-15)13-18(19)27-22-20-21(17-9-6-12-24-17)28-29-23(20)26-14-25-22;/h3-11,13-14H,12H2,1-2H3,(H2,25,26,27,28,29);1H4. The Balaban J connectivity index is 0.00000231. The fourth-order valence-electron chi connectivity index (χ4n) is 3.63. The van der Waals surface area contributed by atoms with E-state index in [9.17, 15) is 0 Å². The zero-order valence-electron chi connectivity index (χ0n) is 16.8. The first kappa shape index (κ1) is 20.3. The predicted molar refractivity (Wildman–Crippen MR) is 128 cm³/mol. The quantitative estimate of drug-likeness (QED) is 0.492. The van der Waals surface area contributed by atoms with E-state index in [0.717, 1.165) is 39.3 Å². The molecule has 0 spiro atoms. The van der Waals surface area contributed by atoms with E-state index in [4.69, 9.17) is 0 Å². The Morgan fingerprint density at radius 3 is 2.58 bits per heavy atom. The van der Waals surface area contributed by atoms with Crippen LogP contribution in [0.3, 0.4) is 0 Å². The molecule has 0 amide bonds. The topological polar surface area (TPSA) is 82.1 Å². The maximum Gasteiger partial charge on any atom is 0.186 e. The zero-order valence-corrected chi connectivity index (χ0v) is 16.8. The molecule has 0 atom stereocenters. The number of aromatic nitrogens is 4. The van der Waals surface area contributed by atoms with Gasteiger partial charge in [-0.1, -0.05) is 49.9 Å². The number of fused-ring (bicyclic) bond motifs is 1.